The van der Waals surface area contributed by atoms with E-state index in [0.717, 1.165) is 0 Å². The van der Waals surface area contributed by atoms with Crippen molar-refractivity contribution in [2.24, 2.45) is 0 Å². The number of halogens is 1. The first-order chi connectivity index (χ1) is 14.6. The standard InChI is InChI=1S/C23H16FN3O3/c1-29-21-12-15(13-25)6-11-20(21)30-14-22-26-19-5-3-2-4-18(19)23(28)27(22)17-9-7-16(24)8-10-17/h2-12H,14H2,1H3. The Labute approximate surface area is 171 Å². The molecule has 4 rings (SSSR count). The van der Waals surface area contributed by atoms with Gasteiger partial charge in [0, 0.05) is 6.07 Å². The normalized spacial score (nSPS) is 10.6. The van der Waals surface area contributed by atoms with Gasteiger partial charge in [-0.25, -0.2) is 9.37 Å². The third kappa shape index (κ3) is 3.59. The summed E-state index contributed by atoms with van der Waals surface area (Å²) in [5, 5.41) is 9.49. The summed E-state index contributed by atoms with van der Waals surface area (Å²) in [6.45, 7) is -0.0420. The molecule has 0 unspecified atom stereocenters. The molecular weight excluding hydrogens is 385 g/mol. The molecule has 0 atom stereocenters. The Hall–Kier alpha value is -4.18. The van der Waals surface area contributed by atoms with Crippen LogP contribution in [0.2, 0.25) is 0 Å². The maximum absolute atomic E-state index is 13.4. The fourth-order valence-electron chi connectivity index (χ4n) is 3.13. The molecule has 148 valence electrons. The fraction of sp³-hybridized carbons (Fsp3) is 0.0870. The molecule has 0 aliphatic heterocycles. The molecule has 0 fully saturated rings. The van der Waals surface area contributed by atoms with Crippen molar-refractivity contribution in [1.29, 1.82) is 5.26 Å². The molecule has 0 aliphatic carbocycles. The largest absolute Gasteiger partial charge is 0.493 e. The highest BCUT2D eigenvalue weighted by molar-refractivity contribution is 5.77. The monoisotopic (exact) mass is 401 g/mol. The Morgan fingerprint density at radius 2 is 1.83 bits per heavy atom. The lowest BCUT2D eigenvalue weighted by atomic mass is 10.2. The third-order valence-electron chi connectivity index (χ3n) is 4.58. The van der Waals surface area contributed by atoms with E-state index in [1.807, 2.05) is 6.07 Å². The summed E-state index contributed by atoms with van der Waals surface area (Å²) >= 11 is 0. The van der Waals surface area contributed by atoms with Crippen molar-refractivity contribution < 1.29 is 13.9 Å². The zero-order valence-electron chi connectivity index (χ0n) is 16.0. The average Bonchev–Trinajstić information content (AvgIpc) is 2.78. The molecule has 0 saturated heterocycles. The summed E-state index contributed by atoms with van der Waals surface area (Å²) in [4.78, 5) is 17.8. The van der Waals surface area contributed by atoms with Gasteiger partial charge in [0.15, 0.2) is 17.3 Å². The first kappa shape index (κ1) is 19.2. The Morgan fingerprint density at radius 1 is 1.07 bits per heavy atom. The van der Waals surface area contributed by atoms with Crippen LogP contribution in [0.1, 0.15) is 11.4 Å². The minimum absolute atomic E-state index is 0.0420. The lowest BCUT2D eigenvalue weighted by Crippen LogP contribution is -2.25. The molecule has 30 heavy (non-hydrogen) atoms. The van der Waals surface area contributed by atoms with Crippen molar-refractivity contribution in [3.8, 4) is 23.3 Å². The zero-order chi connectivity index (χ0) is 21.1. The Bertz CT molecular complexity index is 1320. The summed E-state index contributed by atoms with van der Waals surface area (Å²) in [6, 6.07) is 19.4. The van der Waals surface area contributed by atoms with Gasteiger partial charge in [-0.3, -0.25) is 9.36 Å². The number of aromatic nitrogens is 2. The quantitative estimate of drug-likeness (QED) is 0.505. The third-order valence-corrected chi connectivity index (χ3v) is 4.58. The van der Waals surface area contributed by atoms with E-state index in [-0.39, 0.29) is 12.2 Å². The van der Waals surface area contributed by atoms with Crippen molar-refractivity contribution in [3.63, 3.8) is 0 Å². The number of para-hydroxylation sites is 1. The van der Waals surface area contributed by atoms with Gasteiger partial charge in [-0.2, -0.15) is 5.26 Å². The van der Waals surface area contributed by atoms with Gasteiger partial charge in [-0.1, -0.05) is 12.1 Å². The van der Waals surface area contributed by atoms with Crippen LogP contribution in [0, 0.1) is 17.1 Å². The maximum atomic E-state index is 13.4. The van der Waals surface area contributed by atoms with Gasteiger partial charge >= 0.3 is 0 Å². The number of nitrogens with zero attached hydrogens (tertiary/aromatic N) is 3. The predicted octanol–water partition coefficient (Wildman–Crippen LogP) is 3.98. The second-order valence-electron chi connectivity index (χ2n) is 6.43. The molecule has 0 aliphatic rings. The molecule has 0 radical (unpaired) electrons. The Morgan fingerprint density at radius 3 is 2.57 bits per heavy atom. The van der Waals surface area contributed by atoms with Crippen molar-refractivity contribution in [2.45, 2.75) is 6.61 Å². The van der Waals surface area contributed by atoms with Gasteiger partial charge in [0.2, 0.25) is 0 Å². The van der Waals surface area contributed by atoms with Crippen LogP contribution in [-0.4, -0.2) is 16.7 Å². The van der Waals surface area contributed by atoms with Crippen LogP contribution in [0.4, 0.5) is 4.39 Å². The molecular formula is C23H16FN3O3. The highest BCUT2D eigenvalue weighted by atomic mass is 19.1. The summed E-state index contributed by atoms with van der Waals surface area (Å²) in [5.41, 5.74) is 1.17. The molecule has 4 aromatic rings. The number of nitriles is 1. The van der Waals surface area contributed by atoms with Crippen LogP contribution in [0.25, 0.3) is 16.6 Å². The van der Waals surface area contributed by atoms with Crippen LogP contribution >= 0.6 is 0 Å². The van der Waals surface area contributed by atoms with E-state index in [1.165, 1.54) is 35.9 Å². The molecule has 0 spiro atoms. The van der Waals surface area contributed by atoms with E-state index < -0.39 is 5.82 Å². The van der Waals surface area contributed by atoms with Crippen LogP contribution < -0.4 is 15.0 Å². The van der Waals surface area contributed by atoms with Crippen molar-refractivity contribution >= 4 is 10.9 Å². The van der Waals surface area contributed by atoms with Gasteiger partial charge < -0.3 is 9.47 Å². The van der Waals surface area contributed by atoms with Crippen LogP contribution in [0.3, 0.4) is 0 Å². The molecule has 0 saturated carbocycles. The molecule has 6 nitrogen and oxygen atoms in total. The smallest absolute Gasteiger partial charge is 0.266 e. The average molecular weight is 401 g/mol. The number of rotatable bonds is 5. The van der Waals surface area contributed by atoms with Gasteiger partial charge in [0.05, 0.1) is 35.3 Å². The molecule has 3 aromatic carbocycles. The minimum atomic E-state index is -0.402. The van der Waals surface area contributed by atoms with Crippen molar-refractivity contribution in [2.75, 3.05) is 7.11 Å². The van der Waals surface area contributed by atoms with E-state index in [1.54, 1.807) is 42.5 Å². The maximum Gasteiger partial charge on any atom is 0.266 e. The first-order valence-corrected chi connectivity index (χ1v) is 9.08. The molecule has 0 N–H and O–H groups in total. The lowest BCUT2D eigenvalue weighted by molar-refractivity contribution is 0.273. The van der Waals surface area contributed by atoms with Crippen molar-refractivity contribution in [1.82, 2.24) is 9.55 Å². The van der Waals surface area contributed by atoms with E-state index >= 15 is 0 Å². The van der Waals surface area contributed by atoms with Crippen LogP contribution in [0.5, 0.6) is 11.5 Å². The molecule has 0 bridgehead atoms. The Kier molecular flexibility index (Phi) is 5.14. The van der Waals surface area contributed by atoms with E-state index in [4.69, 9.17) is 14.7 Å². The van der Waals surface area contributed by atoms with E-state index in [9.17, 15) is 9.18 Å². The molecule has 1 heterocycles. The second-order valence-corrected chi connectivity index (χ2v) is 6.43. The van der Waals surface area contributed by atoms with Gasteiger partial charge in [-0.15, -0.1) is 0 Å². The molecule has 1 aromatic heterocycles. The van der Waals surface area contributed by atoms with Gasteiger partial charge in [-0.05, 0) is 48.5 Å². The highest BCUT2D eigenvalue weighted by Gasteiger charge is 2.15. The van der Waals surface area contributed by atoms with Crippen molar-refractivity contribution in [3.05, 3.63) is 94.3 Å². The van der Waals surface area contributed by atoms with Crippen LogP contribution in [-0.2, 0) is 6.61 Å². The van der Waals surface area contributed by atoms with Gasteiger partial charge in [0.1, 0.15) is 12.4 Å². The lowest BCUT2D eigenvalue weighted by Gasteiger charge is -2.15. The van der Waals surface area contributed by atoms with E-state index in [2.05, 4.69) is 4.98 Å². The number of methoxy groups -OCH3 is 1. The minimum Gasteiger partial charge on any atom is -0.493 e. The zero-order valence-corrected chi connectivity index (χ0v) is 16.0. The summed E-state index contributed by atoms with van der Waals surface area (Å²) in [5.74, 6) is 0.743. The highest BCUT2D eigenvalue weighted by Crippen LogP contribution is 2.28. The number of hydrogen-bond acceptors (Lipinski definition) is 5. The number of ether oxygens (including phenoxy) is 2. The van der Waals surface area contributed by atoms with Gasteiger partial charge in [0.25, 0.3) is 5.56 Å². The molecule has 0 amide bonds. The SMILES string of the molecule is COc1cc(C#N)ccc1OCc1nc2ccccc2c(=O)n1-c1ccc(F)cc1. The first-order valence-electron chi connectivity index (χ1n) is 9.08. The summed E-state index contributed by atoms with van der Waals surface area (Å²) in [7, 11) is 1.48. The number of hydrogen-bond donors (Lipinski definition) is 0. The second kappa shape index (κ2) is 8.05. The summed E-state index contributed by atoms with van der Waals surface area (Å²) < 4.78 is 26.0. The topological polar surface area (TPSA) is 77.1 Å². The van der Waals surface area contributed by atoms with E-state index in [0.29, 0.717) is 39.5 Å². The fourth-order valence-corrected chi connectivity index (χ4v) is 3.13. The number of benzene rings is 3. The van der Waals surface area contributed by atoms with Crippen LogP contribution in [0.15, 0.2) is 71.5 Å². The number of fused-ring (bicyclic) bond motifs is 1. The Balaban J connectivity index is 1.80. The predicted molar refractivity (Wildman–Crippen MR) is 109 cm³/mol. The molecule has 7 heteroatoms. The summed E-state index contributed by atoms with van der Waals surface area (Å²) in [6.07, 6.45) is 0.